The van der Waals surface area contributed by atoms with E-state index in [1.165, 1.54) is 0 Å². The van der Waals surface area contributed by atoms with Gasteiger partial charge in [0.2, 0.25) is 0 Å². The second-order valence-corrected chi connectivity index (χ2v) is 7.21. The third kappa shape index (κ3) is 4.43. The topological polar surface area (TPSA) is 43.4 Å². The van der Waals surface area contributed by atoms with Gasteiger partial charge in [-0.2, -0.15) is 0 Å². The fourth-order valence-electron chi connectivity index (χ4n) is 2.55. The van der Waals surface area contributed by atoms with Crippen LogP contribution in [0.25, 0.3) is 0 Å². The Labute approximate surface area is 134 Å². The normalized spacial score (nSPS) is 11.9. The molecule has 0 fully saturated rings. The van der Waals surface area contributed by atoms with Crippen LogP contribution in [-0.2, 0) is 15.0 Å². The van der Waals surface area contributed by atoms with Gasteiger partial charge in [-0.15, -0.1) is 0 Å². The first-order valence-corrected chi connectivity index (χ1v) is 7.90. The van der Waals surface area contributed by atoms with Crippen LogP contribution in [0.15, 0.2) is 18.2 Å². The first-order valence-electron chi connectivity index (χ1n) is 7.90. The second kappa shape index (κ2) is 7.08. The van der Waals surface area contributed by atoms with Crippen LogP contribution in [0.3, 0.4) is 0 Å². The second-order valence-electron chi connectivity index (χ2n) is 7.21. The molecular formula is C19H28O3. The molecule has 0 saturated heterocycles. The minimum atomic E-state index is -0.376. The number of carbonyl (C=O) groups excluding carboxylic acids is 2. The first kappa shape index (κ1) is 18.4. The molecule has 0 radical (unpaired) electrons. The lowest BCUT2D eigenvalue weighted by atomic mass is 9.76. The molecule has 0 aliphatic heterocycles. The molecule has 0 aromatic heterocycles. The predicted octanol–water partition coefficient (Wildman–Crippen LogP) is 4.45. The van der Waals surface area contributed by atoms with Crippen LogP contribution in [0.1, 0.15) is 59.1 Å². The first-order chi connectivity index (χ1) is 10.1. The van der Waals surface area contributed by atoms with E-state index in [-0.39, 0.29) is 29.0 Å². The van der Waals surface area contributed by atoms with Crippen molar-refractivity contribution in [3.05, 3.63) is 29.3 Å². The molecule has 1 aromatic carbocycles. The average Bonchev–Trinajstić information content (AvgIpc) is 2.37. The van der Waals surface area contributed by atoms with E-state index >= 15 is 0 Å². The lowest BCUT2D eigenvalue weighted by Gasteiger charge is -2.29. The Hall–Kier alpha value is -1.64. The summed E-state index contributed by atoms with van der Waals surface area (Å²) in [6.45, 7) is 13.5. The van der Waals surface area contributed by atoms with Gasteiger partial charge in [-0.25, -0.2) is 0 Å². The number of hydrogen-bond donors (Lipinski definition) is 0. The highest BCUT2D eigenvalue weighted by atomic mass is 16.5. The van der Waals surface area contributed by atoms with Crippen LogP contribution in [0.2, 0.25) is 0 Å². The van der Waals surface area contributed by atoms with Crippen molar-refractivity contribution in [2.24, 2.45) is 11.8 Å². The molecule has 3 heteroatoms. The number of Topliss-reactive ketones (excluding diaryl/α,β-unsaturated/α-hetero) is 1. The third-order valence-electron chi connectivity index (χ3n) is 3.85. The van der Waals surface area contributed by atoms with Crippen LogP contribution in [-0.4, -0.2) is 11.8 Å². The van der Waals surface area contributed by atoms with E-state index in [1.54, 1.807) is 0 Å². The molecule has 0 atom stereocenters. The summed E-state index contributed by atoms with van der Waals surface area (Å²) in [5.41, 5.74) is 1.60. The number of carbonyl (C=O) groups is 2. The van der Waals surface area contributed by atoms with Gasteiger partial charge in [-0.05, 0) is 18.6 Å². The Morgan fingerprint density at radius 2 is 1.68 bits per heavy atom. The van der Waals surface area contributed by atoms with Gasteiger partial charge in [0, 0.05) is 23.3 Å². The van der Waals surface area contributed by atoms with Crippen LogP contribution < -0.4 is 4.74 Å². The van der Waals surface area contributed by atoms with Gasteiger partial charge in [0.1, 0.15) is 11.5 Å². The molecule has 22 heavy (non-hydrogen) atoms. The number of aryl methyl sites for hydroxylation is 1. The van der Waals surface area contributed by atoms with Crippen LogP contribution in [0.5, 0.6) is 5.75 Å². The summed E-state index contributed by atoms with van der Waals surface area (Å²) in [5.74, 6) is 0.353. The lowest BCUT2D eigenvalue weighted by molar-refractivity contribution is -0.137. The predicted molar refractivity (Wildman–Crippen MR) is 89.1 cm³/mol. The highest BCUT2D eigenvalue weighted by molar-refractivity contribution is 5.82. The van der Waals surface area contributed by atoms with Gasteiger partial charge < -0.3 is 4.74 Å². The number of esters is 1. The van der Waals surface area contributed by atoms with E-state index in [9.17, 15) is 9.59 Å². The largest absolute Gasteiger partial charge is 0.426 e. The average molecular weight is 304 g/mol. The highest BCUT2D eigenvalue weighted by Gasteiger charge is 2.30. The van der Waals surface area contributed by atoms with Crippen molar-refractivity contribution < 1.29 is 14.3 Å². The highest BCUT2D eigenvalue weighted by Crippen LogP contribution is 2.37. The van der Waals surface area contributed by atoms with Crippen molar-refractivity contribution in [2.45, 2.75) is 60.3 Å². The van der Waals surface area contributed by atoms with Gasteiger partial charge in [0.15, 0.2) is 0 Å². The van der Waals surface area contributed by atoms with Gasteiger partial charge in [0.05, 0.1) is 5.92 Å². The SMILES string of the molecule is Cc1cccc(OC(=O)C(C)C)c1C(C)(C)CC(=O)C(C)C. The molecule has 0 amide bonds. The van der Waals surface area contributed by atoms with Crippen molar-refractivity contribution >= 4 is 11.8 Å². The fourth-order valence-corrected chi connectivity index (χ4v) is 2.55. The molecule has 0 saturated carbocycles. The van der Waals surface area contributed by atoms with Gasteiger partial charge in [0.25, 0.3) is 0 Å². The Morgan fingerprint density at radius 1 is 1.09 bits per heavy atom. The van der Waals surface area contributed by atoms with E-state index in [0.717, 1.165) is 11.1 Å². The van der Waals surface area contributed by atoms with Crippen molar-refractivity contribution in [1.29, 1.82) is 0 Å². The van der Waals surface area contributed by atoms with Crippen LogP contribution in [0, 0.1) is 18.8 Å². The van der Waals surface area contributed by atoms with Crippen molar-refractivity contribution in [3.63, 3.8) is 0 Å². The van der Waals surface area contributed by atoms with Gasteiger partial charge in [-0.3, -0.25) is 9.59 Å². The minimum Gasteiger partial charge on any atom is -0.426 e. The van der Waals surface area contributed by atoms with Gasteiger partial charge in [-0.1, -0.05) is 53.7 Å². The molecule has 0 spiro atoms. The molecule has 1 rings (SSSR count). The summed E-state index contributed by atoms with van der Waals surface area (Å²) in [6.07, 6.45) is 0.432. The number of hydrogen-bond acceptors (Lipinski definition) is 3. The van der Waals surface area contributed by atoms with Crippen LogP contribution >= 0.6 is 0 Å². The number of benzene rings is 1. The van der Waals surface area contributed by atoms with Crippen molar-refractivity contribution in [1.82, 2.24) is 0 Å². The molecule has 1 aromatic rings. The maximum absolute atomic E-state index is 12.2. The summed E-state index contributed by atoms with van der Waals surface area (Å²) >= 11 is 0. The maximum atomic E-state index is 12.2. The standard InChI is InChI=1S/C19H28O3/c1-12(2)15(20)11-19(6,7)17-14(5)9-8-10-16(17)22-18(21)13(3)4/h8-10,12-13H,11H2,1-7H3. The smallest absolute Gasteiger partial charge is 0.313 e. The van der Waals surface area contributed by atoms with Crippen LogP contribution in [0.4, 0.5) is 0 Å². The summed E-state index contributed by atoms with van der Waals surface area (Å²) in [4.78, 5) is 24.1. The lowest BCUT2D eigenvalue weighted by Crippen LogP contribution is -2.27. The van der Waals surface area contributed by atoms with Crippen molar-refractivity contribution in [3.8, 4) is 5.75 Å². The Balaban J connectivity index is 3.21. The zero-order valence-electron chi connectivity index (χ0n) is 14.8. The van der Waals surface area contributed by atoms with E-state index in [4.69, 9.17) is 4.74 Å². The molecule has 0 unspecified atom stereocenters. The van der Waals surface area contributed by atoms with E-state index in [0.29, 0.717) is 12.2 Å². The van der Waals surface area contributed by atoms with E-state index in [1.807, 2.05) is 66.7 Å². The minimum absolute atomic E-state index is 0.00459. The molecule has 0 heterocycles. The summed E-state index contributed by atoms with van der Waals surface area (Å²) in [7, 11) is 0. The quantitative estimate of drug-likeness (QED) is 0.576. The Morgan fingerprint density at radius 3 is 2.18 bits per heavy atom. The Bertz CT molecular complexity index is 554. The summed E-state index contributed by atoms with van der Waals surface area (Å²) < 4.78 is 5.57. The number of ketones is 1. The van der Waals surface area contributed by atoms with E-state index in [2.05, 4.69) is 0 Å². The molecule has 0 aliphatic carbocycles. The summed E-state index contributed by atoms with van der Waals surface area (Å²) in [5, 5.41) is 0. The molecule has 122 valence electrons. The zero-order chi connectivity index (χ0) is 17.1. The monoisotopic (exact) mass is 304 g/mol. The van der Waals surface area contributed by atoms with E-state index < -0.39 is 0 Å². The fraction of sp³-hybridized carbons (Fsp3) is 0.579. The third-order valence-corrected chi connectivity index (χ3v) is 3.85. The molecule has 0 N–H and O–H groups in total. The van der Waals surface area contributed by atoms with Gasteiger partial charge >= 0.3 is 5.97 Å². The molecular weight excluding hydrogens is 276 g/mol. The zero-order valence-corrected chi connectivity index (χ0v) is 14.8. The van der Waals surface area contributed by atoms with Crippen molar-refractivity contribution in [2.75, 3.05) is 0 Å². The number of ether oxygens (including phenoxy) is 1. The number of rotatable bonds is 6. The molecule has 0 bridgehead atoms. The maximum Gasteiger partial charge on any atom is 0.313 e. The summed E-state index contributed by atoms with van der Waals surface area (Å²) in [6, 6.07) is 5.68. The molecule has 3 nitrogen and oxygen atoms in total. The Kier molecular flexibility index (Phi) is 5.92. The molecule has 0 aliphatic rings.